The SMILES string of the molecule is CC(CF)NCC(O)COc1ccccc1C1CCCCC1. The molecule has 3 nitrogen and oxygen atoms in total. The van der Waals surface area contributed by atoms with Gasteiger partial charge in [0.25, 0.3) is 0 Å². The third-order valence-corrected chi connectivity index (χ3v) is 4.33. The van der Waals surface area contributed by atoms with Crippen molar-refractivity contribution in [2.45, 2.75) is 57.1 Å². The first kappa shape index (κ1) is 17.2. The van der Waals surface area contributed by atoms with E-state index in [1.54, 1.807) is 6.92 Å². The van der Waals surface area contributed by atoms with Crippen LogP contribution in [0, 0.1) is 0 Å². The molecule has 1 aliphatic rings. The van der Waals surface area contributed by atoms with E-state index < -0.39 is 12.8 Å². The molecule has 1 aromatic rings. The van der Waals surface area contributed by atoms with Crippen molar-refractivity contribution in [3.05, 3.63) is 29.8 Å². The first-order valence-corrected chi connectivity index (χ1v) is 8.40. The Morgan fingerprint density at radius 3 is 2.73 bits per heavy atom. The van der Waals surface area contributed by atoms with Gasteiger partial charge in [-0.15, -0.1) is 0 Å². The molecule has 4 heteroatoms. The number of ether oxygens (including phenoxy) is 1. The van der Waals surface area contributed by atoms with E-state index in [1.807, 2.05) is 12.1 Å². The molecule has 0 aliphatic heterocycles. The average Bonchev–Trinajstić information content (AvgIpc) is 2.58. The predicted molar refractivity (Wildman–Crippen MR) is 87.2 cm³/mol. The molecule has 2 N–H and O–H groups in total. The number of hydrogen-bond donors (Lipinski definition) is 2. The quantitative estimate of drug-likeness (QED) is 0.773. The second kappa shape index (κ2) is 9.11. The summed E-state index contributed by atoms with van der Waals surface area (Å²) < 4.78 is 18.2. The second-order valence-electron chi connectivity index (χ2n) is 6.30. The topological polar surface area (TPSA) is 41.5 Å². The third kappa shape index (κ3) is 5.25. The lowest BCUT2D eigenvalue weighted by molar-refractivity contribution is 0.102. The predicted octanol–water partition coefficient (Wildman–Crippen LogP) is 3.42. The fraction of sp³-hybridized carbons (Fsp3) is 0.667. The lowest BCUT2D eigenvalue weighted by Crippen LogP contribution is -2.37. The monoisotopic (exact) mass is 309 g/mol. The highest BCUT2D eigenvalue weighted by atomic mass is 19.1. The van der Waals surface area contributed by atoms with Gasteiger partial charge in [0.15, 0.2) is 0 Å². The van der Waals surface area contributed by atoms with Gasteiger partial charge in [0.05, 0.1) is 0 Å². The molecule has 1 fully saturated rings. The Balaban J connectivity index is 1.86. The number of aliphatic hydroxyl groups excluding tert-OH is 1. The smallest absolute Gasteiger partial charge is 0.122 e. The minimum Gasteiger partial charge on any atom is -0.491 e. The summed E-state index contributed by atoms with van der Waals surface area (Å²) in [6.07, 6.45) is 5.71. The highest BCUT2D eigenvalue weighted by Crippen LogP contribution is 2.37. The summed E-state index contributed by atoms with van der Waals surface area (Å²) in [6, 6.07) is 7.91. The molecule has 0 radical (unpaired) electrons. The lowest BCUT2D eigenvalue weighted by atomic mass is 9.84. The maximum absolute atomic E-state index is 12.4. The lowest BCUT2D eigenvalue weighted by Gasteiger charge is -2.24. The Labute approximate surface area is 132 Å². The first-order chi connectivity index (χ1) is 10.7. The van der Waals surface area contributed by atoms with E-state index >= 15 is 0 Å². The van der Waals surface area contributed by atoms with E-state index in [2.05, 4.69) is 17.4 Å². The van der Waals surface area contributed by atoms with Crippen LogP contribution in [-0.2, 0) is 0 Å². The van der Waals surface area contributed by atoms with Gasteiger partial charge >= 0.3 is 0 Å². The number of hydrogen-bond acceptors (Lipinski definition) is 3. The molecule has 1 aliphatic carbocycles. The summed E-state index contributed by atoms with van der Waals surface area (Å²) in [4.78, 5) is 0. The van der Waals surface area contributed by atoms with Crippen molar-refractivity contribution in [2.24, 2.45) is 0 Å². The molecular formula is C18H28FNO2. The van der Waals surface area contributed by atoms with Crippen LogP contribution < -0.4 is 10.1 Å². The molecule has 2 atom stereocenters. The Bertz CT molecular complexity index is 435. The third-order valence-electron chi connectivity index (χ3n) is 4.33. The van der Waals surface area contributed by atoms with Gasteiger partial charge in [-0.1, -0.05) is 37.5 Å². The van der Waals surface area contributed by atoms with Crippen LogP contribution in [0.5, 0.6) is 5.75 Å². The summed E-state index contributed by atoms with van der Waals surface area (Å²) >= 11 is 0. The highest BCUT2D eigenvalue weighted by molar-refractivity contribution is 5.36. The van der Waals surface area contributed by atoms with Crippen molar-refractivity contribution >= 4 is 0 Å². The standard InChI is InChI=1S/C18H28FNO2/c1-14(11-19)20-12-16(21)13-22-18-10-6-5-9-17(18)15-7-3-2-4-8-15/h5-6,9-10,14-16,20-21H,2-4,7-8,11-13H2,1H3. The zero-order chi connectivity index (χ0) is 15.8. The van der Waals surface area contributed by atoms with Gasteiger partial charge in [-0.05, 0) is 37.3 Å². The summed E-state index contributed by atoms with van der Waals surface area (Å²) in [6.45, 7) is 1.90. The molecule has 0 amide bonds. The second-order valence-corrected chi connectivity index (χ2v) is 6.30. The molecule has 22 heavy (non-hydrogen) atoms. The molecule has 1 aromatic carbocycles. The van der Waals surface area contributed by atoms with Gasteiger partial charge in [-0.25, -0.2) is 4.39 Å². The zero-order valence-electron chi connectivity index (χ0n) is 13.4. The molecule has 1 saturated carbocycles. The van der Waals surface area contributed by atoms with E-state index in [4.69, 9.17) is 4.74 Å². The molecule has 0 aromatic heterocycles. The number of benzene rings is 1. The van der Waals surface area contributed by atoms with Crippen LogP contribution in [0.25, 0.3) is 0 Å². The van der Waals surface area contributed by atoms with Crippen LogP contribution in [0.15, 0.2) is 24.3 Å². The van der Waals surface area contributed by atoms with Gasteiger partial charge in [-0.2, -0.15) is 0 Å². The Kier molecular flexibility index (Phi) is 7.13. The number of nitrogens with one attached hydrogen (secondary N) is 1. The normalized spacial score (nSPS) is 18.9. The van der Waals surface area contributed by atoms with Crippen molar-refractivity contribution in [1.82, 2.24) is 5.32 Å². The Hall–Kier alpha value is -1.13. The molecule has 0 spiro atoms. The van der Waals surface area contributed by atoms with Crippen molar-refractivity contribution in [3.63, 3.8) is 0 Å². The maximum Gasteiger partial charge on any atom is 0.122 e. The Morgan fingerprint density at radius 1 is 1.27 bits per heavy atom. The first-order valence-electron chi connectivity index (χ1n) is 8.40. The fourth-order valence-corrected chi connectivity index (χ4v) is 3.00. The van der Waals surface area contributed by atoms with Gasteiger partial charge in [-0.3, -0.25) is 0 Å². The summed E-state index contributed by atoms with van der Waals surface area (Å²) in [5, 5.41) is 12.9. The van der Waals surface area contributed by atoms with Crippen molar-refractivity contribution in [1.29, 1.82) is 0 Å². The largest absolute Gasteiger partial charge is 0.491 e. The molecular weight excluding hydrogens is 281 g/mol. The summed E-state index contributed by atoms with van der Waals surface area (Å²) in [7, 11) is 0. The summed E-state index contributed by atoms with van der Waals surface area (Å²) in [5.74, 6) is 1.46. The van der Waals surface area contributed by atoms with E-state index in [0.717, 1.165) is 5.75 Å². The highest BCUT2D eigenvalue weighted by Gasteiger charge is 2.19. The minimum absolute atomic E-state index is 0.232. The molecule has 0 saturated heterocycles. The summed E-state index contributed by atoms with van der Waals surface area (Å²) in [5.41, 5.74) is 1.26. The molecule has 124 valence electrons. The van der Waals surface area contributed by atoms with Crippen LogP contribution in [-0.4, -0.2) is 37.1 Å². The van der Waals surface area contributed by atoms with Crippen molar-refractivity contribution in [3.8, 4) is 5.75 Å². The maximum atomic E-state index is 12.4. The molecule has 2 unspecified atom stereocenters. The minimum atomic E-state index is -0.631. The van der Waals surface area contributed by atoms with Crippen LogP contribution in [0.3, 0.4) is 0 Å². The van der Waals surface area contributed by atoms with E-state index in [-0.39, 0.29) is 12.6 Å². The van der Waals surface area contributed by atoms with Crippen LogP contribution >= 0.6 is 0 Å². The number of halogens is 1. The van der Waals surface area contributed by atoms with E-state index in [9.17, 15) is 9.50 Å². The van der Waals surface area contributed by atoms with Crippen molar-refractivity contribution < 1.29 is 14.2 Å². The number of aliphatic hydroxyl groups is 1. The molecule has 0 bridgehead atoms. The number of rotatable bonds is 8. The van der Waals surface area contributed by atoms with E-state index in [0.29, 0.717) is 12.5 Å². The van der Waals surface area contributed by atoms with Crippen molar-refractivity contribution in [2.75, 3.05) is 19.8 Å². The average molecular weight is 309 g/mol. The van der Waals surface area contributed by atoms with Crippen LogP contribution in [0.1, 0.15) is 50.5 Å². The number of alkyl halides is 1. The zero-order valence-corrected chi connectivity index (χ0v) is 13.4. The molecule has 2 rings (SSSR count). The number of para-hydroxylation sites is 1. The van der Waals surface area contributed by atoms with Gasteiger partial charge in [0.2, 0.25) is 0 Å². The fourth-order valence-electron chi connectivity index (χ4n) is 3.00. The van der Waals surface area contributed by atoms with Gasteiger partial charge in [0.1, 0.15) is 25.1 Å². The Morgan fingerprint density at radius 2 is 2.00 bits per heavy atom. The van der Waals surface area contributed by atoms with Gasteiger partial charge < -0.3 is 15.2 Å². The van der Waals surface area contributed by atoms with Crippen LogP contribution in [0.4, 0.5) is 4.39 Å². The van der Waals surface area contributed by atoms with E-state index in [1.165, 1.54) is 37.7 Å². The van der Waals surface area contributed by atoms with Gasteiger partial charge in [0, 0.05) is 12.6 Å². The molecule has 0 heterocycles. The van der Waals surface area contributed by atoms with Crippen LogP contribution in [0.2, 0.25) is 0 Å².